The summed E-state index contributed by atoms with van der Waals surface area (Å²) in [7, 11) is 0. The Labute approximate surface area is 166 Å². The Hall–Kier alpha value is -3.52. The number of aromatic nitrogens is 2. The molecule has 8 nitrogen and oxygen atoms in total. The molecule has 0 unspecified atom stereocenters. The van der Waals surface area contributed by atoms with Crippen molar-refractivity contribution in [3.63, 3.8) is 0 Å². The molecular weight excluding hydrogens is 372 g/mol. The topological polar surface area (TPSA) is 93.0 Å². The predicted octanol–water partition coefficient (Wildman–Crippen LogP) is 1.35. The number of fused-ring (bicyclic) bond motifs is 1. The zero-order valence-corrected chi connectivity index (χ0v) is 15.7. The highest BCUT2D eigenvalue weighted by atomic mass is 16.5. The van der Waals surface area contributed by atoms with Crippen molar-refractivity contribution in [3.8, 4) is 0 Å². The van der Waals surface area contributed by atoms with Gasteiger partial charge in [-0.25, -0.2) is 4.98 Å². The summed E-state index contributed by atoms with van der Waals surface area (Å²) >= 11 is 0. The number of hydrogen-bond acceptors (Lipinski definition) is 5. The molecule has 0 bridgehead atoms. The molecule has 29 heavy (non-hydrogen) atoms. The maximum Gasteiger partial charge on any atom is 0.281 e. The second-order valence-corrected chi connectivity index (χ2v) is 6.74. The van der Waals surface area contributed by atoms with Gasteiger partial charge in [0, 0.05) is 19.3 Å². The van der Waals surface area contributed by atoms with Gasteiger partial charge in [0.1, 0.15) is 11.3 Å². The molecule has 1 N–H and O–H groups in total. The fraction of sp³-hybridized carbons (Fsp3) is 0.238. The molecule has 1 fully saturated rings. The Morgan fingerprint density at radius 1 is 1.07 bits per heavy atom. The summed E-state index contributed by atoms with van der Waals surface area (Å²) in [6, 6.07) is 12.5. The molecule has 0 spiro atoms. The number of amides is 2. The van der Waals surface area contributed by atoms with Gasteiger partial charge in [-0.1, -0.05) is 30.3 Å². The summed E-state index contributed by atoms with van der Waals surface area (Å²) in [4.78, 5) is 43.7. The third-order valence-corrected chi connectivity index (χ3v) is 4.73. The summed E-state index contributed by atoms with van der Waals surface area (Å²) in [5.41, 5.74) is 1.26. The van der Waals surface area contributed by atoms with Crippen molar-refractivity contribution in [2.75, 3.05) is 31.6 Å². The number of nitrogens with zero attached hydrogens (tertiary/aromatic N) is 3. The summed E-state index contributed by atoms with van der Waals surface area (Å²) in [6.07, 6.45) is 2.96. The van der Waals surface area contributed by atoms with Crippen LogP contribution in [0.15, 0.2) is 59.7 Å². The number of rotatable bonds is 4. The van der Waals surface area contributed by atoms with E-state index >= 15 is 0 Å². The fourth-order valence-corrected chi connectivity index (χ4v) is 3.21. The molecule has 3 aromatic rings. The summed E-state index contributed by atoms with van der Waals surface area (Å²) in [6.45, 7) is 2.02. The van der Waals surface area contributed by atoms with E-state index in [2.05, 4.69) is 10.3 Å². The van der Waals surface area contributed by atoms with E-state index in [0.717, 1.165) is 5.56 Å². The van der Waals surface area contributed by atoms with Crippen molar-refractivity contribution in [2.45, 2.75) is 6.42 Å². The first kappa shape index (κ1) is 18.8. The van der Waals surface area contributed by atoms with Gasteiger partial charge in [-0.05, 0) is 17.7 Å². The summed E-state index contributed by atoms with van der Waals surface area (Å²) in [5.74, 6) is -0.476. The molecule has 0 radical (unpaired) electrons. The zero-order chi connectivity index (χ0) is 20.2. The van der Waals surface area contributed by atoms with Crippen molar-refractivity contribution in [3.05, 3.63) is 76.3 Å². The van der Waals surface area contributed by atoms with Gasteiger partial charge < -0.3 is 15.0 Å². The van der Waals surface area contributed by atoms with E-state index < -0.39 is 5.56 Å². The van der Waals surface area contributed by atoms with Crippen LogP contribution >= 0.6 is 0 Å². The first-order valence-corrected chi connectivity index (χ1v) is 9.34. The van der Waals surface area contributed by atoms with Gasteiger partial charge in [-0.15, -0.1) is 0 Å². The molecule has 2 amide bonds. The van der Waals surface area contributed by atoms with Crippen molar-refractivity contribution in [1.29, 1.82) is 0 Å². The van der Waals surface area contributed by atoms with Crippen LogP contribution in [0.5, 0.6) is 0 Å². The molecular formula is C21H20N4O4. The average molecular weight is 392 g/mol. The fourth-order valence-electron chi connectivity index (χ4n) is 3.21. The second kappa shape index (κ2) is 8.24. The molecule has 4 rings (SSSR count). The average Bonchev–Trinajstić information content (AvgIpc) is 2.76. The van der Waals surface area contributed by atoms with Gasteiger partial charge in [0.2, 0.25) is 5.91 Å². The highest BCUT2D eigenvalue weighted by molar-refractivity contribution is 5.94. The maximum absolute atomic E-state index is 12.8. The minimum absolute atomic E-state index is 0.0689. The van der Waals surface area contributed by atoms with Crippen LogP contribution in [0.25, 0.3) is 5.65 Å². The number of pyridine rings is 1. The van der Waals surface area contributed by atoms with Gasteiger partial charge in [-0.2, -0.15) is 0 Å². The van der Waals surface area contributed by atoms with Crippen molar-refractivity contribution < 1.29 is 14.3 Å². The molecule has 0 saturated carbocycles. The van der Waals surface area contributed by atoms with Crippen LogP contribution in [-0.2, 0) is 16.0 Å². The van der Waals surface area contributed by atoms with E-state index in [-0.39, 0.29) is 23.9 Å². The van der Waals surface area contributed by atoms with Crippen LogP contribution in [0.1, 0.15) is 15.9 Å². The van der Waals surface area contributed by atoms with Gasteiger partial charge in [0.15, 0.2) is 0 Å². The van der Waals surface area contributed by atoms with Crippen LogP contribution in [0, 0.1) is 0 Å². The molecule has 1 aliphatic rings. The molecule has 2 aromatic heterocycles. The predicted molar refractivity (Wildman–Crippen MR) is 107 cm³/mol. The smallest absolute Gasteiger partial charge is 0.281 e. The first-order valence-electron chi connectivity index (χ1n) is 9.34. The Morgan fingerprint density at radius 2 is 1.83 bits per heavy atom. The molecule has 3 heterocycles. The van der Waals surface area contributed by atoms with Crippen LogP contribution < -0.4 is 10.9 Å². The molecule has 8 heteroatoms. The first-order chi connectivity index (χ1) is 14.1. The van der Waals surface area contributed by atoms with E-state index in [9.17, 15) is 14.4 Å². The van der Waals surface area contributed by atoms with Crippen molar-refractivity contribution in [1.82, 2.24) is 14.3 Å². The number of benzene rings is 1. The number of morpholine rings is 1. The Kier molecular flexibility index (Phi) is 5.35. The van der Waals surface area contributed by atoms with Gasteiger partial charge in [0.05, 0.1) is 31.4 Å². The monoisotopic (exact) mass is 392 g/mol. The molecule has 0 aliphatic carbocycles. The molecule has 1 aromatic carbocycles. The number of nitrogens with one attached hydrogen (secondary N) is 1. The van der Waals surface area contributed by atoms with Gasteiger partial charge in [0.25, 0.3) is 11.5 Å². The minimum atomic E-state index is -0.437. The van der Waals surface area contributed by atoms with E-state index in [0.29, 0.717) is 37.5 Å². The van der Waals surface area contributed by atoms with E-state index in [1.807, 2.05) is 30.3 Å². The third kappa shape index (κ3) is 4.17. The maximum atomic E-state index is 12.8. The van der Waals surface area contributed by atoms with Crippen molar-refractivity contribution in [2.24, 2.45) is 0 Å². The number of carbonyl (C=O) groups excluding carboxylic acids is 2. The standard InChI is InChI=1S/C21H20N4O4/c26-19(12-15-4-2-1-3-5-15)23-17-13-22-18-7-6-16(14-25(18)21(17)28)20(27)24-8-10-29-11-9-24/h1-7,13-14H,8-12H2,(H,23,26). The number of carbonyl (C=O) groups is 2. The largest absolute Gasteiger partial charge is 0.378 e. The Balaban J connectivity index is 1.58. The summed E-state index contributed by atoms with van der Waals surface area (Å²) < 4.78 is 6.55. The lowest BCUT2D eigenvalue weighted by Crippen LogP contribution is -2.40. The lowest BCUT2D eigenvalue weighted by molar-refractivity contribution is -0.115. The Bertz CT molecular complexity index is 1100. The number of hydrogen-bond donors (Lipinski definition) is 1. The molecule has 0 atom stereocenters. The zero-order valence-electron chi connectivity index (χ0n) is 15.7. The lowest BCUT2D eigenvalue weighted by atomic mass is 10.1. The number of ether oxygens (including phenoxy) is 1. The molecule has 1 aliphatic heterocycles. The van der Waals surface area contributed by atoms with Crippen LogP contribution in [0.4, 0.5) is 5.69 Å². The van der Waals surface area contributed by atoms with E-state index in [4.69, 9.17) is 4.74 Å². The van der Waals surface area contributed by atoms with E-state index in [1.165, 1.54) is 16.8 Å². The van der Waals surface area contributed by atoms with Crippen molar-refractivity contribution >= 4 is 23.1 Å². The highest BCUT2D eigenvalue weighted by Gasteiger charge is 2.19. The molecule has 148 valence electrons. The quantitative estimate of drug-likeness (QED) is 0.724. The van der Waals surface area contributed by atoms with Gasteiger partial charge >= 0.3 is 0 Å². The second-order valence-electron chi connectivity index (χ2n) is 6.74. The lowest BCUT2D eigenvalue weighted by Gasteiger charge is -2.26. The summed E-state index contributed by atoms with van der Waals surface area (Å²) in [5, 5.41) is 2.62. The number of anilines is 1. The van der Waals surface area contributed by atoms with Crippen LogP contribution in [0.2, 0.25) is 0 Å². The molecule has 1 saturated heterocycles. The van der Waals surface area contributed by atoms with Crippen LogP contribution in [0.3, 0.4) is 0 Å². The van der Waals surface area contributed by atoms with Gasteiger partial charge in [-0.3, -0.25) is 18.8 Å². The van der Waals surface area contributed by atoms with Crippen LogP contribution in [-0.4, -0.2) is 52.4 Å². The third-order valence-electron chi connectivity index (χ3n) is 4.73. The normalized spacial score (nSPS) is 14.0. The highest BCUT2D eigenvalue weighted by Crippen LogP contribution is 2.10. The Morgan fingerprint density at radius 3 is 2.59 bits per heavy atom. The van der Waals surface area contributed by atoms with E-state index in [1.54, 1.807) is 17.0 Å². The minimum Gasteiger partial charge on any atom is -0.378 e. The SMILES string of the molecule is O=C(Cc1ccccc1)Nc1cnc2ccc(C(=O)N3CCOCC3)cn2c1=O.